The van der Waals surface area contributed by atoms with Crippen LogP contribution in [0, 0.1) is 6.92 Å². The van der Waals surface area contributed by atoms with Gasteiger partial charge < -0.3 is 5.32 Å². The Morgan fingerprint density at radius 3 is 2.32 bits per heavy atom. The summed E-state index contributed by atoms with van der Waals surface area (Å²) < 4.78 is 25.2. The fourth-order valence-electron chi connectivity index (χ4n) is 2.39. The van der Waals surface area contributed by atoms with E-state index in [1.807, 2.05) is 38.1 Å². The zero-order valence-electron chi connectivity index (χ0n) is 14.4. The summed E-state index contributed by atoms with van der Waals surface area (Å²) in [5, 5.41) is 3.09. The minimum Gasteiger partial charge on any atom is -0.348 e. The zero-order chi connectivity index (χ0) is 18.6. The van der Waals surface area contributed by atoms with Gasteiger partial charge in [0.15, 0.2) is 0 Å². The summed E-state index contributed by atoms with van der Waals surface area (Å²) in [4.78, 5) is 12.4. The van der Waals surface area contributed by atoms with Crippen LogP contribution < -0.4 is 9.62 Å². The lowest BCUT2D eigenvalue weighted by Gasteiger charge is -2.24. The second-order valence-electron chi connectivity index (χ2n) is 5.92. The molecule has 0 radical (unpaired) electrons. The van der Waals surface area contributed by atoms with Crippen molar-refractivity contribution in [2.45, 2.75) is 19.9 Å². The van der Waals surface area contributed by atoms with Gasteiger partial charge in [-0.1, -0.05) is 53.6 Å². The summed E-state index contributed by atoms with van der Waals surface area (Å²) in [6.45, 7) is 3.50. The first-order chi connectivity index (χ1) is 11.7. The van der Waals surface area contributed by atoms with Crippen LogP contribution in [0.5, 0.6) is 0 Å². The molecule has 0 fully saturated rings. The monoisotopic (exact) mass is 380 g/mol. The first-order valence-electron chi connectivity index (χ1n) is 7.76. The van der Waals surface area contributed by atoms with Crippen LogP contribution in [0.1, 0.15) is 24.1 Å². The highest BCUT2D eigenvalue weighted by Crippen LogP contribution is 2.27. The van der Waals surface area contributed by atoms with Gasteiger partial charge in [-0.15, -0.1) is 0 Å². The lowest BCUT2D eigenvalue weighted by atomic mass is 10.1. The molecule has 25 heavy (non-hydrogen) atoms. The minimum absolute atomic E-state index is 0.235. The molecule has 1 amide bonds. The van der Waals surface area contributed by atoms with Crippen LogP contribution in [-0.4, -0.2) is 27.1 Å². The van der Waals surface area contributed by atoms with Crippen molar-refractivity contribution < 1.29 is 13.2 Å². The number of halogens is 1. The molecule has 0 saturated heterocycles. The lowest BCUT2D eigenvalue weighted by molar-refractivity contribution is -0.120. The van der Waals surface area contributed by atoms with E-state index in [1.165, 1.54) is 0 Å². The summed E-state index contributed by atoms with van der Waals surface area (Å²) in [6, 6.07) is 14.1. The van der Waals surface area contributed by atoms with Crippen molar-refractivity contribution in [1.29, 1.82) is 0 Å². The molecule has 1 unspecified atom stereocenters. The normalized spacial score (nSPS) is 12.5. The van der Waals surface area contributed by atoms with Crippen molar-refractivity contribution >= 4 is 33.2 Å². The Labute approximate surface area is 153 Å². The number of benzene rings is 2. The van der Waals surface area contributed by atoms with Gasteiger partial charge in [0, 0.05) is 0 Å². The number of nitrogens with one attached hydrogen (secondary N) is 1. The number of hydrogen-bond donors (Lipinski definition) is 1. The van der Waals surface area contributed by atoms with E-state index in [1.54, 1.807) is 24.3 Å². The molecule has 134 valence electrons. The highest BCUT2D eigenvalue weighted by molar-refractivity contribution is 7.92. The van der Waals surface area contributed by atoms with Crippen molar-refractivity contribution in [2.24, 2.45) is 0 Å². The largest absolute Gasteiger partial charge is 0.348 e. The maximum absolute atomic E-state index is 12.4. The van der Waals surface area contributed by atoms with E-state index in [4.69, 9.17) is 11.6 Å². The Balaban J connectivity index is 2.15. The van der Waals surface area contributed by atoms with Crippen molar-refractivity contribution in [3.8, 4) is 0 Å². The van der Waals surface area contributed by atoms with Gasteiger partial charge in [0.25, 0.3) is 0 Å². The molecule has 0 bridgehead atoms. The lowest BCUT2D eigenvalue weighted by Crippen LogP contribution is -2.41. The molecule has 0 aliphatic rings. The number of nitrogens with zero attached hydrogens (tertiary/aromatic N) is 1. The van der Waals surface area contributed by atoms with Crippen LogP contribution in [0.3, 0.4) is 0 Å². The number of sulfonamides is 1. The van der Waals surface area contributed by atoms with Gasteiger partial charge in [0.2, 0.25) is 15.9 Å². The Bertz CT molecular complexity index is 851. The van der Waals surface area contributed by atoms with Gasteiger partial charge in [-0.05, 0) is 31.5 Å². The third-order valence-electron chi connectivity index (χ3n) is 3.76. The number of carbonyl (C=O) groups is 1. The number of anilines is 1. The minimum atomic E-state index is -3.65. The van der Waals surface area contributed by atoms with Gasteiger partial charge >= 0.3 is 0 Å². The molecular formula is C18H21ClN2O3S. The quantitative estimate of drug-likeness (QED) is 0.836. The third-order valence-corrected chi connectivity index (χ3v) is 5.21. The Morgan fingerprint density at radius 2 is 1.76 bits per heavy atom. The molecule has 1 N–H and O–H groups in total. The summed E-state index contributed by atoms with van der Waals surface area (Å²) in [5.41, 5.74) is 2.36. The fraction of sp³-hybridized carbons (Fsp3) is 0.278. The second kappa shape index (κ2) is 7.89. The zero-order valence-corrected chi connectivity index (χ0v) is 15.9. The number of para-hydroxylation sites is 1. The second-order valence-corrected chi connectivity index (χ2v) is 8.23. The summed E-state index contributed by atoms with van der Waals surface area (Å²) in [7, 11) is -3.65. The average Bonchev–Trinajstić information content (AvgIpc) is 2.53. The predicted octanol–water partition coefficient (Wildman–Crippen LogP) is 3.29. The van der Waals surface area contributed by atoms with Crippen LogP contribution in [0.2, 0.25) is 5.02 Å². The first kappa shape index (κ1) is 19.3. The summed E-state index contributed by atoms with van der Waals surface area (Å²) in [5.74, 6) is -0.404. The number of carbonyl (C=O) groups excluding carboxylic acids is 1. The van der Waals surface area contributed by atoms with Gasteiger partial charge in [-0.3, -0.25) is 9.10 Å². The number of rotatable bonds is 6. The molecule has 0 spiro atoms. The third kappa shape index (κ3) is 5.21. The molecule has 0 aromatic heterocycles. The van der Waals surface area contributed by atoms with E-state index >= 15 is 0 Å². The molecule has 1 atom stereocenters. The first-order valence-corrected chi connectivity index (χ1v) is 9.99. The van der Waals surface area contributed by atoms with E-state index in [-0.39, 0.29) is 23.3 Å². The van der Waals surface area contributed by atoms with Crippen LogP contribution in [0.25, 0.3) is 0 Å². The fourth-order valence-corrected chi connectivity index (χ4v) is 3.55. The van der Waals surface area contributed by atoms with Crippen LogP contribution in [-0.2, 0) is 14.8 Å². The van der Waals surface area contributed by atoms with Gasteiger partial charge in [-0.25, -0.2) is 8.42 Å². The topological polar surface area (TPSA) is 66.5 Å². The van der Waals surface area contributed by atoms with E-state index in [0.29, 0.717) is 0 Å². The van der Waals surface area contributed by atoms with E-state index in [9.17, 15) is 13.2 Å². The van der Waals surface area contributed by atoms with Crippen molar-refractivity contribution in [2.75, 3.05) is 17.1 Å². The van der Waals surface area contributed by atoms with Crippen molar-refractivity contribution in [3.05, 3.63) is 64.7 Å². The highest BCUT2D eigenvalue weighted by atomic mass is 35.5. The Hall–Kier alpha value is -2.05. The Kier molecular flexibility index (Phi) is 6.08. The number of hydrogen-bond acceptors (Lipinski definition) is 3. The van der Waals surface area contributed by atoms with Crippen molar-refractivity contribution in [1.82, 2.24) is 5.32 Å². The van der Waals surface area contributed by atoms with E-state index < -0.39 is 15.9 Å². The number of amides is 1. The van der Waals surface area contributed by atoms with Gasteiger partial charge in [0.1, 0.15) is 6.54 Å². The molecule has 0 saturated carbocycles. The predicted molar refractivity (Wildman–Crippen MR) is 101 cm³/mol. The molecular weight excluding hydrogens is 360 g/mol. The average molecular weight is 381 g/mol. The van der Waals surface area contributed by atoms with Crippen LogP contribution >= 0.6 is 11.6 Å². The SMILES string of the molecule is Cc1ccc(C(C)NC(=O)CN(c2ccccc2Cl)S(C)(=O)=O)cc1. The molecule has 7 heteroatoms. The molecule has 5 nitrogen and oxygen atoms in total. The maximum atomic E-state index is 12.4. The molecule has 2 aromatic carbocycles. The maximum Gasteiger partial charge on any atom is 0.241 e. The molecule has 0 aliphatic heterocycles. The van der Waals surface area contributed by atoms with Crippen LogP contribution in [0.4, 0.5) is 5.69 Å². The molecule has 0 heterocycles. The van der Waals surface area contributed by atoms with Crippen LogP contribution in [0.15, 0.2) is 48.5 Å². The highest BCUT2D eigenvalue weighted by Gasteiger charge is 2.23. The summed E-state index contributed by atoms with van der Waals surface area (Å²) in [6.07, 6.45) is 1.05. The smallest absolute Gasteiger partial charge is 0.241 e. The Morgan fingerprint density at radius 1 is 1.16 bits per heavy atom. The summed E-state index contributed by atoms with van der Waals surface area (Å²) >= 11 is 6.09. The van der Waals surface area contributed by atoms with Gasteiger partial charge in [-0.2, -0.15) is 0 Å². The number of aryl methyl sites for hydroxylation is 1. The molecule has 0 aliphatic carbocycles. The van der Waals surface area contributed by atoms with Gasteiger partial charge in [0.05, 0.1) is 23.0 Å². The standard InChI is InChI=1S/C18H21ClN2O3S/c1-13-8-10-15(11-9-13)14(2)20-18(22)12-21(25(3,23)24)17-7-5-4-6-16(17)19/h4-11,14H,12H2,1-3H3,(H,20,22). The van der Waals surface area contributed by atoms with Crippen molar-refractivity contribution in [3.63, 3.8) is 0 Å². The van der Waals surface area contributed by atoms with E-state index in [0.717, 1.165) is 21.7 Å². The molecule has 2 aromatic rings. The molecule has 2 rings (SSSR count). The van der Waals surface area contributed by atoms with E-state index in [2.05, 4.69) is 5.32 Å².